The molecule has 1 amide bonds. The molecule has 17 heavy (non-hydrogen) atoms. The van der Waals surface area contributed by atoms with Gasteiger partial charge in [-0.15, -0.1) is 11.8 Å². The quantitative estimate of drug-likeness (QED) is 0.780. The maximum atomic E-state index is 12.0. The molecule has 0 spiro atoms. The van der Waals surface area contributed by atoms with Crippen molar-refractivity contribution in [2.75, 3.05) is 5.75 Å². The Kier molecular flexibility index (Phi) is 3.21. The maximum Gasteiger partial charge on any atom is 0.353 e. The van der Waals surface area contributed by atoms with Crippen LogP contribution in [0.4, 0.5) is 0 Å². The Hall–Kier alpha value is -0.970. The molecule has 0 aromatic carbocycles. The summed E-state index contributed by atoms with van der Waals surface area (Å²) in [5.74, 6) is 0.130. The van der Waals surface area contributed by atoms with Crippen LogP contribution in [-0.4, -0.2) is 33.7 Å². The first-order valence-corrected chi connectivity index (χ1v) is 6.89. The Balaban J connectivity index is 2.26. The fourth-order valence-corrected chi connectivity index (χ4v) is 3.70. The number of aliphatic carboxylic acids is 1. The van der Waals surface area contributed by atoms with Gasteiger partial charge in [0.05, 0.1) is 12.0 Å². The number of β-lactam (4-membered cyclic amide) rings is 1. The van der Waals surface area contributed by atoms with Gasteiger partial charge >= 0.3 is 5.97 Å². The lowest BCUT2D eigenvalue weighted by Crippen LogP contribution is -2.60. The highest BCUT2D eigenvalue weighted by Crippen LogP contribution is 2.47. The highest BCUT2D eigenvalue weighted by molar-refractivity contribution is 8.03. The second kappa shape index (κ2) is 4.37. The van der Waals surface area contributed by atoms with E-state index in [4.69, 9.17) is 0 Å². The minimum atomic E-state index is -0.973. The molecule has 0 bridgehead atoms. The molecule has 1 saturated heterocycles. The van der Waals surface area contributed by atoms with Gasteiger partial charge in [-0.1, -0.05) is 20.8 Å². The molecule has 2 unspecified atom stereocenters. The first-order valence-electron chi connectivity index (χ1n) is 5.91. The second-order valence-corrected chi connectivity index (χ2v) is 6.12. The fraction of sp³-hybridized carbons (Fsp3) is 0.667. The third-order valence-electron chi connectivity index (χ3n) is 3.41. The van der Waals surface area contributed by atoms with E-state index in [-0.39, 0.29) is 29.5 Å². The number of thioether (sulfide) groups is 1. The van der Waals surface area contributed by atoms with Crippen molar-refractivity contribution in [1.82, 2.24) is 4.90 Å². The molecule has 2 atom stereocenters. The zero-order chi connectivity index (χ0) is 12.7. The molecule has 0 radical (unpaired) electrons. The van der Waals surface area contributed by atoms with E-state index in [1.807, 2.05) is 20.8 Å². The lowest BCUT2D eigenvalue weighted by atomic mass is 9.79. The first kappa shape index (κ1) is 12.5. The van der Waals surface area contributed by atoms with Crippen LogP contribution in [0.3, 0.4) is 0 Å². The molecular formula is C12H17NO3S. The zero-order valence-electron chi connectivity index (χ0n) is 10.3. The SMILES string of the molecule is CCSC1=C(C(=O)O)N2C(=O)C(C(C)C)C2C1. The lowest BCUT2D eigenvalue weighted by molar-refractivity contribution is -0.157. The predicted molar refractivity (Wildman–Crippen MR) is 66.4 cm³/mol. The zero-order valence-corrected chi connectivity index (χ0v) is 11.1. The number of rotatable bonds is 4. The van der Waals surface area contributed by atoms with E-state index in [0.717, 1.165) is 10.7 Å². The Morgan fingerprint density at radius 2 is 2.24 bits per heavy atom. The van der Waals surface area contributed by atoms with Crippen LogP contribution in [0.1, 0.15) is 27.2 Å². The summed E-state index contributed by atoms with van der Waals surface area (Å²) in [6.45, 7) is 6.03. The van der Waals surface area contributed by atoms with E-state index >= 15 is 0 Å². The molecule has 2 aliphatic heterocycles. The molecule has 2 heterocycles. The smallest absolute Gasteiger partial charge is 0.353 e. The molecule has 0 saturated carbocycles. The molecule has 2 rings (SSSR count). The summed E-state index contributed by atoms with van der Waals surface area (Å²) in [6.07, 6.45) is 0.717. The number of carboxylic acid groups (broad SMARTS) is 1. The van der Waals surface area contributed by atoms with E-state index in [1.165, 1.54) is 4.90 Å². The van der Waals surface area contributed by atoms with E-state index in [9.17, 15) is 14.7 Å². The topological polar surface area (TPSA) is 57.6 Å². The molecule has 2 aliphatic rings. The van der Waals surface area contributed by atoms with Gasteiger partial charge in [0.15, 0.2) is 0 Å². The normalized spacial score (nSPS) is 27.5. The summed E-state index contributed by atoms with van der Waals surface area (Å²) in [5.41, 5.74) is 0.226. The summed E-state index contributed by atoms with van der Waals surface area (Å²) in [6, 6.07) is 0.0858. The summed E-state index contributed by atoms with van der Waals surface area (Å²) in [4.78, 5) is 25.6. The van der Waals surface area contributed by atoms with Crippen LogP contribution in [0.2, 0.25) is 0 Å². The van der Waals surface area contributed by atoms with Gasteiger partial charge in [-0.2, -0.15) is 0 Å². The summed E-state index contributed by atoms with van der Waals surface area (Å²) in [5, 5.41) is 9.21. The molecule has 0 aromatic heterocycles. The van der Waals surface area contributed by atoms with Crippen LogP contribution in [-0.2, 0) is 9.59 Å². The van der Waals surface area contributed by atoms with Gasteiger partial charge < -0.3 is 10.0 Å². The van der Waals surface area contributed by atoms with Crippen molar-refractivity contribution in [3.63, 3.8) is 0 Å². The maximum absolute atomic E-state index is 12.0. The Labute approximate surface area is 105 Å². The first-order chi connectivity index (χ1) is 7.99. The van der Waals surface area contributed by atoms with Crippen LogP contribution >= 0.6 is 11.8 Å². The van der Waals surface area contributed by atoms with Gasteiger partial charge in [-0.05, 0) is 11.7 Å². The van der Waals surface area contributed by atoms with Gasteiger partial charge in [-0.25, -0.2) is 4.79 Å². The van der Waals surface area contributed by atoms with Crippen LogP contribution < -0.4 is 0 Å². The molecule has 5 heteroatoms. The number of hydrogen-bond donors (Lipinski definition) is 1. The number of hydrogen-bond acceptors (Lipinski definition) is 3. The third-order valence-corrected chi connectivity index (χ3v) is 4.40. The monoisotopic (exact) mass is 255 g/mol. The summed E-state index contributed by atoms with van der Waals surface area (Å²) >= 11 is 1.54. The lowest BCUT2D eigenvalue weighted by Gasteiger charge is -2.45. The summed E-state index contributed by atoms with van der Waals surface area (Å²) < 4.78 is 0. The van der Waals surface area contributed by atoms with E-state index in [2.05, 4.69) is 0 Å². The average Bonchev–Trinajstić information content (AvgIpc) is 2.53. The molecule has 1 fully saturated rings. The minimum absolute atomic E-state index is 0.000642. The van der Waals surface area contributed by atoms with Gasteiger partial charge in [0.25, 0.3) is 0 Å². The standard InChI is InChI=1S/C12H17NO3S/c1-4-17-8-5-7-9(6(2)3)11(14)13(7)10(8)12(15)16/h6-7,9H,4-5H2,1-3H3,(H,15,16). The van der Waals surface area contributed by atoms with Gasteiger partial charge in [0.1, 0.15) is 5.70 Å². The largest absolute Gasteiger partial charge is 0.477 e. The number of carbonyl (C=O) groups is 2. The van der Waals surface area contributed by atoms with Crippen LogP contribution in [0.25, 0.3) is 0 Å². The number of carbonyl (C=O) groups excluding carboxylic acids is 1. The van der Waals surface area contributed by atoms with E-state index < -0.39 is 5.97 Å². The number of amides is 1. The number of nitrogens with zero attached hydrogens (tertiary/aromatic N) is 1. The summed E-state index contributed by atoms with van der Waals surface area (Å²) in [7, 11) is 0. The van der Waals surface area contributed by atoms with Crippen molar-refractivity contribution in [2.45, 2.75) is 33.2 Å². The molecule has 4 nitrogen and oxygen atoms in total. The molecule has 0 aliphatic carbocycles. The van der Waals surface area contributed by atoms with Crippen molar-refractivity contribution in [2.24, 2.45) is 11.8 Å². The van der Waals surface area contributed by atoms with E-state index in [0.29, 0.717) is 6.42 Å². The van der Waals surface area contributed by atoms with Crippen molar-refractivity contribution < 1.29 is 14.7 Å². The minimum Gasteiger partial charge on any atom is -0.477 e. The van der Waals surface area contributed by atoms with Crippen LogP contribution in [0.5, 0.6) is 0 Å². The molecule has 0 aromatic rings. The highest BCUT2D eigenvalue weighted by atomic mass is 32.2. The average molecular weight is 255 g/mol. The molecular weight excluding hydrogens is 238 g/mol. The van der Waals surface area contributed by atoms with E-state index in [1.54, 1.807) is 11.8 Å². The predicted octanol–water partition coefficient (Wildman–Crippen LogP) is 1.92. The van der Waals surface area contributed by atoms with Crippen LogP contribution in [0.15, 0.2) is 10.6 Å². The second-order valence-electron chi connectivity index (χ2n) is 4.76. The van der Waals surface area contributed by atoms with Crippen LogP contribution in [0, 0.1) is 11.8 Å². The Morgan fingerprint density at radius 3 is 2.71 bits per heavy atom. The van der Waals surface area contributed by atoms with Crippen molar-refractivity contribution in [3.05, 3.63) is 10.6 Å². The Bertz CT molecular complexity index is 403. The van der Waals surface area contributed by atoms with Gasteiger partial charge in [0.2, 0.25) is 5.91 Å². The molecule has 1 N–H and O–H groups in total. The van der Waals surface area contributed by atoms with Gasteiger partial charge in [0, 0.05) is 11.3 Å². The fourth-order valence-electron chi connectivity index (χ4n) is 2.74. The van der Waals surface area contributed by atoms with Crippen molar-refractivity contribution >= 4 is 23.6 Å². The van der Waals surface area contributed by atoms with Gasteiger partial charge in [-0.3, -0.25) is 4.79 Å². The number of carboxylic acids is 1. The Morgan fingerprint density at radius 1 is 1.59 bits per heavy atom. The van der Waals surface area contributed by atoms with Crippen molar-refractivity contribution in [3.8, 4) is 0 Å². The highest BCUT2D eigenvalue weighted by Gasteiger charge is 2.55. The number of fused-ring (bicyclic) bond motifs is 1. The third kappa shape index (κ3) is 1.76. The molecule has 94 valence electrons. The van der Waals surface area contributed by atoms with Crippen molar-refractivity contribution in [1.29, 1.82) is 0 Å².